The summed E-state index contributed by atoms with van der Waals surface area (Å²) < 4.78 is 25.4. The first-order valence-corrected chi connectivity index (χ1v) is 21.1. The number of fused-ring (bicyclic) bond motifs is 3. The molecule has 0 aliphatic carbocycles. The highest BCUT2D eigenvalue weighted by Gasteiger charge is 2.67. The molecule has 4 atom stereocenters. The van der Waals surface area contributed by atoms with Gasteiger partial charge in [-0.1, -0.05) is 83.5 Å². The van der Waals surface area contributed by atoms with Crippen molar-refractivity contribution in [3.63, 3.8) is 0 Å². The quantitative estimate of drug-likeness (QED) is 0.122. The molecule has 9 nitrogen and oxygen atoms in total. The lowest BCUT2D eigenvalue weighted by Crippen LogP contribution is -2.45. The van der Waals surface area contributed by atoms with E-state index in [0.717, 1.165) is 21.0 Å². The number of anilines is 1. The van der Waals surface area contributed by atoms with Crippen LogP contribution in [0.1, 0.15) is 30.0 Å². The smallest absolute Gasteiger partial charge is 0.279 e. The Balaban J connectivity index is 1.22. The number of amides is 2. The molecule has 1 N–H and O–H groups in total. The lowest BCUT2D eigenvalue weighted by Gasteiger charge is -2.31. The number of hydrogen-bond donors (Lipinski definition) is 1. The van der Waals surface area contributed by atoms with E-state index in [1.807, 2.05) is 91.9 Å². The zero-order valence-corrected chi connectivity index (χ0v) is 31.8. The minimum absolute atomic E-state index is 0.116. The van der Waals surface area contributed by atoms with Gasteiger partial charge >= 0.3 is 0 Å². The maximum Gasteiger partial charge on any atom is 0.279 e. The Morgan fingerprint density at radius 1 is 1.00 bits per heavy atom. The molecule has 2 aliphatic heterocycles. The van der Waals surface area contributed by atoms with Crippen LogP contribution in [0.3, 0.4) is 0 Å². The summed E-state index contributed by atoms with van der Waals surface area (Å²) >= 11 is 3.58. The molecule has 1 spiro atoms. The normalized spacial score (nSPS) is 21.2. The molecular formula is C40H40BrFN4O5Si. The maximum absolute atomic E-state index is 16.5. The summed E-state index contributed by atoms with van der Waals surface area (Å²) in [6.07, 6.45) is 0.661. The zero-order chi connectivity index (χ0) is 36.8. The van der Waals surface area contributed by atoms with E-state index in [1.165, 1.54) is 4.68 Å². The molecule has 3 heterocycles. The number of benzene rings is 4. The molecule has 1 fully saturated rings. The topological polar surface area (TPSA) is 105 Å². The first kappa shape index (κ1) is 35.9. The van der Waals surface area contributed by atoms with Gasteiger partial charge in [0.15, 0.2) is 5.60 Å². The number of aliphatic hydroxyl groups is 1. The summed E-state index contributed by atoms with van der Waals surface area (Å²) in [7, 11) is -3.54. The Hall–Kier alpha value is -4.49. The summed E-state index contributed by atoms with van der Waals surface area (Å²) in [5.41, 5.74) is 1.04. The van der Waals surface area contributed by atoms with Crippen LogP contribution in [0, 0.1) is 5.92 Å². The Bertz CT molecular complexity index is 2210. The van der Waals surface area contributed by atoms with Gasteiger partial charge in [0, 0.05) is 40.0 Å². The van der Waals surface area contributed by atoms with Crippen molar-refractivity contribution in [2.75, 3.05) is 18.1 Å². The summed E-state index contributed by atoms with van der Waals surface area (Å²) in [4.78, 5) is 45.4. The second-order valence-electron chi connectivity index (χ2n) is 14.2. The largest absolute Gasteiger partial charge is 0.395 e. The standard InChI is InChI=1S/C40H40BrFN4O5Si/c1-26-37(52(2,3)42)35(22-36(48)44(18-19-47)24-27-10-5-4-6-11-27)51-40(26)33-21-30(41)16-17-34(33)45(39(40)50)25-28-12-9-14-31(20-28)46-38(49)32-15-8-7-13-29(32)23-43-46/h4-17,20-21,23,26,35,37,47H,18-19,22,24-25H2,1-3H3/t26-,35+,37-,40+/m1/s1. The predicted molar refractivity (Wildman–Crippen MR) is 204 cm³/mol. The molecule has 0 saturated carbocycles. The first-order chi connectivity index (χ1) is 24.9. The van der Waals surface area contributed by atoms with Crippen molar-refractivity contribution in [1.29, 1.82) is 0 Å². The minimum atomic E-state index is -3.54. The molecule has 1 saturated heterocycles. The van der Waals surface area contributed by atoms with Crippen molar-refractivity contribution in [2.45, 2.75) is 56.8 Å². The van der Waals surface area contributed by atoms with Crippen LogP contribution in [-0.4, -0.2) is 59.3 Å². The van der Waals surface area contributed by atoms with Gasteiger partial charge in [-0.25, -0.2) is 0 Å². The number of aliphatic hydroxyl groups excluding tert-OH is 1. The highest BCUT2D eigenvalue weighted by Crippen LogP contribution is 2.60. The number of hydrogen-bond acceptors (Lipinski definition) is 6. The van der Waals surface area contributed by atoms with Crippen LogP contribution in [0.2, 0.25) is 18.6 Å². The van der Waals surface area contributed by atoms with Gasteiger partial charge in [-0.15, -0.1) is 0 Å². The number of nitrogens with zero attached hydrogens (tertiary/aromatic N) is 4. The van der Waals surface area contributed by atoms with Crippen LogP contribution in [0.25, 0.3) is 16.5 Å². The molecule has 1 aromatic heterocycles. The average Bonchev–Trinajstić information content (AvgIpc) is 3.54. The fourth-order valence-corrected chi connectivity index (χ4v) is 11.0. The van der Waals surface area contributed by atoms with E-state index in [-0.39, 0.29) is 50.0 Å². The molecule has 12 heteroatoms. The Kier molecular flexibility index (Phi) is 9.76. The molecule has 0 radical (unpaired) electrons. The van der Waals surface area contributed by atoms with E-state index in [2.05, 4.69) is 21.0 Å². The van der Waals surface area contributed by atoms with Gasteiger partial charge < -0.3 is 23.8 Å². The third-order valence-corrected chi connectivity index (χ3v) is 13.4. The molecule has 5 aromatic rings. The first-order valence-electron chi connectivity index (χ1n) is 17.4. The third-order valence-electron chi connectivity index (χ3n) is 10.4. The van der Waals surface area contributed by atoms with Gasteiger partial charge in [-0.3, -0.25) is 14.4 Å². The minimum Gasteiger partial charge on any atom is -0.395 e. The summed E-state index contributed by atoms with van der Waals surface area (Å²) in [6.45, 7) is 5.42. The number of carbonyl (C=O) groups excluding carboxylic acids is 2. The highest BCUT2D eigenvalue weighted by atomic mass is 79.9. The molecule has 4 aromatic carbocycles. The van der Waals surface area contributed by atoms with E-state index in [9.17, 15) is 19.5 Å². The van der Waals surface area contributed by atoms with E-state index in [1.54, 1.807) is 41.2 Å². The lowest BCUT2D eigenvalue weighted by molar-refractivity contribution is -0.150. The SMILES string of the molecule is C[C@@H]1[C@@H]([Si](C)(C)F)[C@H](CC(=O)N(CCO)Cc2ccccc2)O[C@@]12C(=O)N(Cc1cccc(-n3ncc4ccccc4c3=O)c1)c1ccc(Br)cc12. The van der Waals surface area contributed by atoms with Crippen molar-refractivity contribution in [2.24, 2.45) is 5.92 Å². The zero-order valence-electron chi connectivity index (χ0n) is 29.2. The highest BCUT2D eigenvalue weighted by molar-refractivity contribution is 9.10. The van der Waals surface area contributed by atoms with Gasteiger partial charge in [0.1, 0.15) is 0 Å². The van der Waals surface area contributed by atoms with E-state index in [0.29, 0.717) is 22.3 Å². The van der Waals surface area contributed by atoms with Crippen LogP contribution in [-0.2, 0) is 33.0 Å². The van der Waals surface area contributed by atoms with Crippen molar-refractivity contribution < 1.29 is 23.5 Å². The van der Waals surface area contributed by atoms with E-state index >= 15 is 4.11 Å². The van der Waals surface area contributed by atoms with Gasteiger partial charge in [-0.2, -0.15) is 9.78 Å². The molecule has 2 amide bonds. The number of carbonyl (C=O) groups is 2. The molecule has 52 heavy (non-hydrogen) atoms. The second-order valence-corrected chi connectivity index (χ2v) is 18.9. The van der Waals surface area contributed by atoms with Crippen LogP contribution in [0.4, 0.5) is 9.80 Å². The molecule has 2 aliphatic rings. The summed E-state index contributed by atoms with van der Waals surface area (Å²) in [5, 5.41) is 15.5. The molecular weight excluding hydrogens is 743 g/mol. The molecule has 0 unspecified atom stereocenters. The summed E-state index contributed by atoms with van der Waals surface area (Å²) in [6, 6.07) is 29.7. The van der Waals surface area contributed by atoms with Gasteiger partial charge in [0.05, 0.1) is 48.6 Å². The van der Waals surface area contributed by atoms with Gasteiger partial charge in [-0.05, 0) is 60.6 Å². The van der Waals surface area contributed by atoms with Crippen molar-refractivity contribution in [3.8, 4) is 5.69 Å². The Morgan fingerprint density at radius 3 is 2.48 bits per heavy atom. The fraction of sp³-hybridized carbons (Fsp3) is 0.300. The Labute approximate surface area is 310 Å². The average molecular weight is 784 g/mol. The third kappa shape index (κ3) is 6.42. The van der Waals surface area contributed by atoms with Crippen molar-refractivity contribution >= 4 is 52.6 Å². The summed E-state index contributed by atoms with van der Waals surface area (Å²) in [5.74, 6) is -1.19. The second kappa shape index (κ2) is 14.1. The van der Waals surface area contributed by atoms with E-state index < -0.39 is 31.6 Å². The Morgan fingerprint density at radius 2 is 1.73 bits per heavy atom. The van der Waals surface area contributed by atoms with Crippen LogP contribution in [0.5, 0.6) is 0 Å². The van der Waals surface area contributed by atoms with Crippen molar-refractivity contribution in [1.82, 2.24) is 14.7 Å². The number of aromatic nitrogens is 2. The number of halogens is 2. The maximum atomic E-state index is 16.5. The van der Waals surface area contributed by atoms with Crippen LogP contribution < -0.4 is 10.5 Å². The fourth-order valence-electron chi connectivity index (χ4n) is 8.14. The lowest BCUT2D eigenvalue weighted by atomic mass is 9.82. The predicted octanol–water partition coefficient (Wildman–Crippen LogP) is 6.88. The molecule has 268 valence electrons. The molecule has 7 rings (SSSR count). The monoisotopic (exact) mass is 782 g/mol. The van der Waals surface area contributed by atoms with E-state index in [4.69, 9.17) is 4.74 Å². The molecule has 0 bridgehead atoms. The van der Waals surface area contributed by atoms with Crippen molar-refractivity contribution in [3.05, 3.63) is 135 Å². The van der Waals surface area contributed by atoms with Gasteiger partial charge in [0.25, 0.3) is 11.5 Å². The number of rotatable bonds is 10. The number of ether oxygens (including phenoxy) is 1. The van der Waals surface area contributed by atoms with Crippen LogP contribution >= 0.6 is 15.9 Å². The van der Waals surface area contributed by atoms with Crippen LogP contribution in [0.15, 0.2) is 113 Å². The van der Waals surface area contributed by atoms with Gasteiger partial charge in [0.2, 0.25) is 14.3 Å².